The Balaban J connectivity index is 2.80. The van der Waals surface area contributed by atoms with Gasteiger partial charge in [0.15, 0.2) is 0 Å². The summed E-state index contributed by atoms with van der Waals surface area (Å²) in [6, 6.07) is 4.10. The Kier molecular flexibility index (Phi) is 1.72. The van der Waals surface area contributed by atoms with Crippen LogP contribution in [0.5, 0.6) is 5.75 Å². The molecule has 1 aromatic heterocycles. The van der Waals surface area contributed by atoms with Crippen LogP contribution in [-0.4, -0.2) is 16.9 Å². The van der Waals surface area contributed by atoms with Gasteiger partial charge in [0.2, 0.25) is 0 Å². The van der Waals surface area contributed by atoms with Gasteiger partial charge in [-0.2, -0.15) is 5.10 Å². The molecule has 0 saturated heterocycles. The number of hydrogen-bond donors (Lipinski definition) is 0. The van der Waals surface area contributed by atoms with Gasteiger partial charge >= 0.3 is 0 Å². The third-order valence-electron chi connectivity index (χ3n) is 2.05. The fourth-order valence-corrected chi connectivity index (χ4v) is 1.52. The number of rotatable bonds is 1. The molecule has 0 N–H and O–H groups in total. The zero-order valence-electron chi connectivity index (χ0n) is 8.03. The van der Waals surface area contributed by atoms with Crippen LogP contribution in [0.3, 0.4) is 0 Å². The lowest BCUT2D eigenvalue weighted by atomic mass is 10.2. The maximum atomic E-state index is 5.25. The molecule has 0 spiro atoms. The first-order valence-corrected chi connectivity index (χ1v) is 4.18. The van der Waals surface area contributed by atoms with Crippen molar-refractivity contribution in [1.82, 2.24) is 9.78 Å². The summed E-state index contributed by atoms with van der Waals surface area (Å²) in [4.78, 5) is 0. The normalized spacial score (nSPS) is 10.7. The highest BCUT2D eigenvalue weighted by molar-refractivity contribution is 5.84. The molecule has 2 rings (SSSR count). The summed E-state index contributed by atoms with van der Waals surface area (Å²) in [6.45, 7) is 2.05. The van der Waals surface area contributed by atoms with Gasteiger partial charge in [-0.3, -0.25) is 4.68 Å². The molecule has 3 nitrogen and oxygen atoms in total. The van der Waals surface area contributed by atoms with Gasteiger partial charge in [0.05, 0.1) is 7.11 Å². The molecule has 0 radical (unpaired) electrons. The lowest BCUT2D eigenvalue weighted by molar-refractivity contribution is 0.418. The van der Waals surface area contributed by atoms with E-state index < -0.39 is 0 Å². The number of nitrogens with zero attached hydrogens (tertiary/aromatic N) is 2. The van der Waals surface area contributed by atoms with E-state index in [4.69, 9.17) is 4.74 Å². The number of ether oxygens (including phenoxy) is 1. The quantitative estimate of drug-likeness (QED) is 0.663. The Labute approximate surface area is 76.9 Å². The summed E-state index contributed by atoms with van der Waals surface area (Å²) in [5.41, 5.74) is 2.12. The van der Waals surface area contributed by atoms with Gasteiger partial charge in [-0.1, -0.05) is 0 Å². The van der Waals surface area contributed by atoms with E-state index in [1.807, 2.05) is 19.3 Å². The van der Waals surface area contributed by atoms with Crippen LogP contribution in [0, 0.1) is 6.92 Å². The standard InChI is InChI=1S/C10H12N2O/c1-7-4-8-6-12(2)11-10(8)9(5-7)13-3/h4-6H,1-3H3. The molecule has 0 fully saturated rings. The van der Waals surface area contributed by atoms with Gasteiger partial charge in [0, 0.05) is 18.6 Å². The molecule has 0 aliphatic carbocycles. The molecule has 1 heterocycles. The van der Waals surface area contributed by atoms with Crippen molar-refractivity contribution in [2.75, 3.05) is 7.11 Å². The highest BCUT2D eigenvalue weighted by Crippen LogP contribution is 2.25. The van der Waals surface area contributed by atoms with Crippen LogP contribution >= 0.6 is 0 Å². The average Bonchev–Trinajstić information content (AvgIpc) is 2.43. The predicted octanol–water partition coefficient (Wildman–Crippen LogP) is 1.89. The Morgan fingerprint density at radius 1 is 1.38 bits per heavy atom. The Bertz CT molecular complexity index is 445. The van der Waals surface area contributed by atoms with E-state index in [1.165, 1.54) is 5.56 Å². The molecular weight excluding hydrogens is 164 g/mol. The molecule has 0 amide bonds. The third-order valence-corrected chi connectivity index (χ3v) is 2.05. The van der Waals surface area contributed by atoms with E-state index >= 15 is 0 Å². The molecule has 1 aromatic carbocycles. The smallest absolute Gasteiger partial charge is 0.147 e. The number of methoxy groups -OCH3 is 1. The van der Waals surface area contributed by atoms with Crippen LogP contribution in [0.2, 0.25) is 0 Å². The van der Waals surface area contributed by atoms with Crippen LogP contribution < -0.4 is 4.74 Å². The summed E-state index contributed by atoms with van der Waals surface area (Å²) in [6.07, 6.45) is 1.99. The van der Waals surface area contributed by atoms with Crippen LogP contribution in [0.25, 0.3) is 10.9 Å². The number of benzene rings is 1. The van der Waals surface area contributed by atoms with Crippen LogP contribution in [-0.2, 0) is 7.05 Å². The SMILES string of the molecule is COc1cc(C)cc2cn(C)nc12. The zero-order chi connectivity index (χ0) is 9.42. The zero-order valence-corrected chi connectivity index (χ0v) is 8.03. The molecule has 0 bridgehead atoms. The fraction of sp³-hybridized carbons (Fsp3) is 0.300. The number of fused-ring (bicyclic) bond motifs is 1. The van der Waals surface area contributed by atoms with Gasteiger partial charge in [0.25, 0.3) is 0 Å². The molecule has 13 heavy (non-hydrogen) atoms. The van der Waals surface area contributed by atoms with Crippen molar-refractivity contribution in [3.8, 4) is 5.75 Å². The first-order chi connectivity index (χ1) is 6.20. The second kappa shape index (κ2) is 2.76. The summed E-state index contributed by atoms with van der Waals surface area (Å²) in [5.74, 6) is 0.843. The van der Waals surface area contributed by atoms with Gasteiger partial charge in [-0.25, -0.2) is 0 Å². The van der Waals surface area contributed by atoms with Crippen molar-refractivity contribution in [3.05, 3.63) is 23.9 Å². The second-order valence-electron chi connectivity index (χ2n) is 3.21. The minimum atomic E-state index is 0.843. The molecule has 0 saturated carbocycles. The van der Waals surface area contributed by atoms with Crippen molar-refractivity contribution < 1.29 is 4.74 Å². The van der Waals surface area contributed by atoms with Crippen LogP contribution in [0.4, 0.5) is 0 Å². The lowest BCUT2D eigenvalue weighted by Gasteiger charge is -2.01. The van der Waals surface area contributed by atoms with Crippen molar-refractivity contribution in [2.45, 2.75) is 6.92 Å². The lowest BCUT2D eigenvalue weighted by Crippen LogP contribution is -1.88. The largest absolute Gasteiger partial charge is 0.494 e. The molecule has 68 valence electrons. The molecule has 2 aromatic rings. The average molecular weight is 176 g/mol. The first kappa shape index (κ1) is 8.10. The van der Waals surface area contributed by atoms with E-state index in [9.17, 15) is 0 Å². The topological polar surface area (TPSA) is 27.1 Å². The molecular formula is C10H12N2O. The van der Waals surface area contributed by atoms with Gasteiger partial charge < -0.3 is 4.74 Å². The van der Waals surface area contributed by atoms with E-state index in [0.717, 1.165) is 16.7 Å². The minimum Gasteiger partial charge on any atom is -0.494 e. The highest BCUT2D eigenvalue weighted by Gasteiger charge is 2.05. The van der Waals surface area contributed by atoms with E-state index in [0.29, 0.717) is 0 Å². The predicted molar refractivity (Wildman–Crippen MR) is 52.0 cm³/mol. The van der Waals surface area contributed by atoms with Crippen molar-refractivity contribution in [2.24, 2.45) is 7.05 Å². The number of aryl methyl sites for hydroxylation is 2. The summed E-state index contributed by atoms with van der Waals surface area (Å²) in [5, 5.41) is 5.44. The van der Waals surface area contributed by atoms with Gasteiger partial charge in [-0.15, -0.1) is 0 Å². The van der Waals surface area contributed by atoms with Crippen molar-refractivity contribution in [1.29, 1.82) is 0 Å². The van der Waals surface area contributed by atoms with Crippen LogP contribution in [0.1, 0.15) is 5.56 Å². The van der Waals surface area contributed by atoms with E-state index in [-0.39, 0.29) is 0 Å². The minimum absolute atomic E-state index is 0.843. The van der Waals surface area contributed by atoms with E-state index in [2.05, 4.69) is 18.1 Å². The summed E-state index contributed by atoms with van der Waals surface area (Å²) >= 11 is 0. The maximum absolute atomic E-state index is 5.25. The molecule has 0 aliphatic rings. The Hall–Kier alpha value is -1.51. The summed E-state index contributed by atoms with van der Waals surface area (Å²) < 4.78 is 7.04. The second-order valence-corrected chi connectivity index (χ2v) is 3.21. The number of hydrogen-bond acceptors (Lipinski definition) is 2. The third kappa shape index (κ3) is 1.26. The molecule has 0 aliphatic heterocycles. The Morgan fingerprint density at radius 3 is 2.85 bits per heavy atom. The summed E-state index contributed by atoms with van der Waals surface area (Å²) in [7, 11) is 3.58. The number of aromatic nitrogens is 2. The van der Waals surface area contributed by atoms with Crippen molar-refractivity contribution in [3.63, 3.8) is 0 Å². The fourth-order valence-electron chi connectivity index (χ4n) is 1.52. The monoisotopic (exact) mass is 176 g/mol. The highest BCUT2D eigenvalue weighted by atomic mass is 16.5. The van der Waals surface area contributed by atoms with Crippen LogP contribution in [0.15, 0.2) is 18.3 Å². The Morgan fingerprint density at radius 2 is 2.15 bits per heavy atom. The van der Waals surface area contributed by atoms with Crippen molar-refractivity contribution >= 4 is 10.9 Å². The molecule has 3 heteroatoms. The van der Waals surface area contributed by atoms with Gasteiger partial charge in [-0.05, 0) is 24.6 Å². The first-order valence-electron chi connectivity index (χ1n) is 4.18. The maximum Gasteiger partial charge on any atom is 0.147 e. The van der Waals surface area contributed by atoms with E-state index in [1.54, 1.807) is 11.8 Å². The molecule has 0 atom stereocenters. The van der Waals surface area contributed by atoms with Gasteiger partial charge in [0.1, 0.15) is 11.3 Å². The molecule has 0 unspecified atom stereocenters.